The van der Waals surface area contributed by atoms with Crippen LogP contribution in [0.4, 0.5) is 5.69 Å². The van der Waals surface area contributed by atoms with Crippen molar-refractivity contribution in [3.63, 3.8) is 0 Å². The van der Waals surface area contributed by atoms with Crippen molar-refractivity contribution in [3.8, 4) is 0 Å². The molecule has 0 fully saturated rings. The number of nitrogens with one attached hydrogen (secondary N) is 1. The van der Waals surface area contributed by atoms with Crippen LogP contribution in [0.5, 0.6) is 0 Å². The molecule has 0 saturated carbocycles. The van der Waals surface area contributed by atoms with Gasteiger partial charge in [0.1, 0.15) is 0 Å². The Balaban J connectivity index is 2.72. The number of halogens is 1. The second-order valence-electron chi connectivity index (χ2n) is 5.41. The summed E-state index contributed by atoms with van der Waals surface area (Å²) in [6.07, 6.45) is 1.10. The molecule has 8 heteroatoms. The van der Waals surface area contributed by atoms with E-state index in [0.29, 0.717) is 17.3 Å². The number of aryl methyl sites for hydroxylation is 1. The molecule has 1 N–H and O–H groups in total. The van der Waals surface area contributed by atoms with Crippen LogP contribution >= 0.6 is 11.6 Å². The van der Waals surface area contributed by atoms with Gasteiger partial charge in [-0.1, -0.05) is 17.7 Å². The van der Waals surface area contributed by atoms with E-state index in [4.69, 9.17) is 11.6 Å². The summed E-state index contributed by atoms with van der Waals surface area (Å²) in [6, 6.07) is 5.15. The summed E-state index contributed by atoms with van der Waals surface area (Å²) in [7, 11) is 0.241. The van der Waals surface area contributed by atoms with E-state index in [2.05, 4.69) is 5.32 Å². The van der Waals surface area contributed by atoms with E-state index in [-0.39, 0.29) is 13.1 Å². The van der Waals surface area contributed by atoms with Gasteiger partial charge in [0.25, 0.3) is 0 Å². The van der Waals surface area contributed by atoms with Crippen molar-refractivity contribution in [3.05, 3.63) is 28.8 Å². The van der Waals surface area contributed by atoms with Crippen LogP contribution in [0.2, 0.25) is 5.02 Å². The Morgan fingerprint density at radius 1 is 1.27 bits per heavy atom. The van der Waals surface area contributed by atoms with Crippen LogP contribution in [0.1, 0.15) is 5.56 Å². The van der Waals surface area contributed by atoms with Crippen molar-refractivity contribution in [2.24, 2.45) is 0 Å². The van der Waals surface area contributed by atoms with E-state index in [1.807, 2.05) is 25.9 Å². The number of hydrogen-bond acceptors (Lipinski definition) is 4. The molecule has 6 nitrogen and oxygen atoms in total. The van der Waals surface area contributed by atoms with Crippen molar-refractivity contribution in [2.75, 3.05) is 45.3 Å². The smallest absolute Gasteiger partial charge is 0.239 e. The lowest BCUT2D eigenvalue weighted by Crippen LogP contribution is -2.41. The molecule has 0 radical (unpaired) electrons. The average molecular weight is 348 g/mol. The Morgan fingerprint density at radius 3 is 2.41 bits per heavy atom. The molecule has 0 bridgehead atoms. The zero-order valence-corrected chi connectivity index (χ0v) is 14.8. The number of likely N-dealkylation sites (N-methyl/N-ethyl adjacent to an activating group) is 1. The summed E-state index contributed by atoms with van der Waals surface area (Å²) in [6.45, 7) is 2.43. The summed E-state index contributed by atoms with van der Waals surface area (Å²) in [5.41, 5.74) is 1.45. The highest BCUT2D eigenvalue weighted by Gasteiger charge is 2.20. The predicted molar refractivity (Wildman–Crippen MR) is 89.8 cm³/mol. The highest BCUT2D eigenvalue weighted by Crippen LogP contribution is 2.19. The first-order chi connectivity index (χ1) is 10.1. The van der Waals surface area contributed by atoms with Crippen molar-refractivity contribution >= 4 is 33.2 Å². The molecular weight excluding hydrogens is 326 g/mol. The molecule has 0 aliphatic rings. The molecule has 1 rings (SSSR count). The van der Waals surface area contributed by atoms with Crippen molar-refractivity contribution in [1.29, 1.82) is 0 Å². The number of sulfonamides is 1. The van der Waals surface area contributed by atoms with Gasteiger partial charge in [-0.3, -0.25) is 4.79 Å². The molecule has 1 amide bonds. The first-order valence-corrected chi connectivity index (χ1v) is 8.98. The Labute approximate surface area is 137 Å². The number of hydrogen-bond donors (Lipinski definition) is 1. The highest BCUT2D eigenvalue weighted by molar-refractivity contribution is 7.88. The lowest BCUT2D eigenvalue weighted by atomic mass is 10.2. The maximum absolute atomic E-state index is 12.0. The fourth-order valence-electron chi connectivity index (χ4n) is 1.70. The number of amides is 1. The molecule has 1 aromatic rings. The van der Waals surface area contributed by atoms with Gasteiger partial charge in [0.2, 0.25) is 15.9 Å². The van der Waals surface area contributed by atoms with Crippen LogP contribution in [0.3, 0.4) is 0 Å². The predicted octanol–water partition coefficient (Wildman–Crippen LogP) is 1.41. The fourth-order valence-corrected chi connectivity index (χ4v) is 2.65. The van der Waals surface area contributed by atoms with E-state index in [1.165, 1.54) is 0 Å². The number of carbonyl (C=O) groups excluding carboxylic acids is 1. The van der Waals surface area contributed by atoms with Crippen LogP contribution in [-0.2, 0) is 14.8 Å². The number of benzene rings is 1. The number of nitrogens with zero attached hydrogens (tertiary/aromatic N) is 2. The first-order valence-electron chi connectivity index (χ1n) is 6.75. The number of anilines is 1. The number of rotatable bonds is 7. The van der Waals surface area contributed by atoms with Gasteiger partial charge in [-0.05, 0) is 38.7 Å². The topological polar surface area (TPSA) is 69.7 Å². The van der Waals surface area contributed by atoms with E-state index < -0.39 is 15.9 Å². The van der Waals surface area contributed by atoms with Gasteiger partial charge < -0.3 is 10.2 Å². The van der Waals surface area contributed by atoms with E-state index in [1.54, 1.807) is 18.2 Å². The summed E-state index contributed by atoms with van der Waals surface area (Å²) in [5, 5.41) is 3.20. The Kier molecular flexibility index (Phi) is 6.80. The van der Waals surface area contributed by atoms with Crippen molar-refractivity contribution in [1.82, 2.24) is 9.21 Å². The summed E-state index contributed by atoms with van der Waals surface area (Å²) < 4.78 is 24.6. The molecule has 0 aliphatic heterocycles. The van der Waals surface area contributed by atoms with Crippen LogP contribution in [-0.4, -0.2) is 63.5 Å². The van der Waals surface area contributed by atoms with Crippen LogP contribution in [0, 0.1) is 6.92 Å². The van der Waals surface area contributed by atoms with Gasteiger partial charge in [-0.2, -0.15) is 4.31 Å². The molecule has 0 atom stereocenters. The van der Waals surface area contributed by atoms with Gasteiger partial charge in [-0.25, -0.2) is 8.42 Å². The minimum Gasteiger partial charge on any atom is -0.325 e. The third-order valence-corrected chi connectivity index (χ3v) is 4.70. The minimum absolute atomic E-state index is 0.224. The standard InChI is InChI=1S/C14H22ClN3O3S/c1-11-5-6-12(9-13(11)15)16-14(19)10-18(22(4,20)21)8-7-17(2)3/h5-6,9H,7-8,10H2,1-4H3,(H,16,19). The van der Waals surface area contributed by atoms with Crippen molar-refractivity contribution < 1.29 is 13.2 Å². The third kappa shape index (κ3) is 6.31. The van der Waals surface area contributed by atoms with Crippen molar-refractivity contribution in [2.45, 2.75) is 6.92 Å². The average Bonchev–Trinajstić information content (AvgIpc) is 2.37. The lowest BCUT2D eigenvalue weighted by molar-refractivity contribution is -0.116. The van der Waals surface area contributed by atoms with Gasteiger partial charge in [0.05, 0.1) is 12.8 Å². The zero-order chi connectivity index (χ0) is 16.9. The second kappa shape index (κ2) is 7.92. The molecular formula is C14H22ClN3O3S. The van der Waals surface area contributed by atoms with Crippen LogP contribution in [0.15, 0.2) is 18.2 Å². The van der Waals surface area contributed by atoms with E-state index in [0.717, 1.165) is 16.1 Å². The lowest BCUT2D eigenvalue weighted by Gasteiger charge is -2.21. The largest absolute Gasteiger partial charge is 0.325 e. The van der Waals surface area contributed by atoms with Gasteiger partial charge in [0.15, 0.2) is 0 Å². The summed E-state index contributed by atoms with van der Waals surface area (Å²) in [4.78, 5) is 13.9. The first kappa shape index (κ1) is 18.9. The van der Waals surface area contributed by atoms with E-state index in [9.17, 15) is 13.2 Å². The third-order valence-electron chi connectivity index (χ3n) is 3.04. The second-order valence-corrected chi connectivity index (χ2v) is 7.80. The monoisotopic (exact) mass is 347 g/mol. The molecule has 124 valence electrons. The Hall–Kier alpha value is -1.15. The highest BCUT2D eigenvalue weighted by atomic mass is 35.5. The Morgan fingerprint density at radius 2 is 1.91 bits per heavy atom. The summed E-state index contributed by atoms with van der Waals surface area (Å²) in [5.74, 6) is -0.399. The molecule has 0 saturated heterocycles. The molecule has 0 aromatic heterocycles. The van der Waals surface area contributed by atoms with Crippen LogP contribution < -0.4 is 5.32 Å². The normalized spacial score (nSPS) is 12.0. The van der Waals surface area contributed by atoms with Crippen LogP contribution in [0.25, 0.3) is 0 Å². The maximum Gasteiger partial charge on any atom is 0.239 e. The molecule has 0 heterocycles. The fraction of sp³-hybridized carbons (Fsp3) is 0.500. The molecule has 0 spiro atoms. The quantitative estimate of drug-likeness (QED) is 0.809. The maximum atomic E-state index is 12.0. The molecule has 0 aliphatic carbocycles. The van der Waals surface area contributed by atoms with Gasteiger partial charge in [0, 0.05) is 23.8 Å². The molecule has 1 aromatic carbocycles. The zero-order valence-electron chi connectivity index (χ0n) is 13.3. The van der Waals surface area contributed by atoms with E-state index >= 15 is 0 Å². The van der Waals surface area contributed by atoms with Gasteiger partial charge >= 0.3 is 0 Å². The van der Waals surface area contributed by atoms with Gasteiger partial charge in [-0.15, -0.1) is 0 Å². The summed E-state index contributed by atoms with van der Waals surface area (Å²) >= 11 is 6.00. The SMILES string of the molecule is Cc1ccc(NC(=O)CN(CCN(C)C)S(C)(=O)=O)cc1Cl. The molecule has 22 heavy (non-hydrogen) atoms. The molecule has 0 unspecified atom stereocenters. The number of carbonyl (C=O) groups is 1. The Bertz CT molecular complexity index is 632. The minimum atomic E-state index is -3.44.